The Hall–Kier alpha value is -0.0800. The van der Waals surface area contributed by atoms with Gasteiger partial charge in [0.25, 0.3) is 0 Å². The highest BCUT2D eigenvalue weighted by Gasteiger charge is 2.21. The van der Waals surface area contributed by atoms with Gasteiger partial charge in [-0.05, 0) is 18.3 Å². The fraction of sp³-hybridized carbons (Fsp3) is 1.00. The summed E-state index contributed by atoms with van der Waals surface area (Å²) < 4.78 is 0. The molecule has 18 heavy (non-hydrogen) atoms. The molecule has 0 aliphatic heterocycles. The molecule has 3 atom stereocenters. The van der Waals surface area contributed by atoms with Crippen LogP contribution in [0.25, 0.3) is 0 Å². The van der Waals surface area contributed by atoms with E-state index >= 15 is 0 Å². The van der Waals surface area contributed by atoms with Crippen LogP contribution < -0.4 is 0 Å². The molecule has 0 rings (SSSR count). The summed E-state index contributed by atoms with van der Waals surface area (Å²) in [6, 6.07) is 0. The molecule has 2 heteroatoms. The average Bonchev–Trinajstić information content (AvgIpc) is 2.38. The Bertz CT molecular complexity index is 166. The molecule has 0 aromatic heterocycles. The van der Waals surface area contributed by atoms with E-state index in [1.54, 1.807) is 0 Å². The van der Waals surface area contributed by atoms with Crippen LogP contribution in [0.3, 0.4) is 0 Å². The largest absolute Gasteiger partial charge is 0.396 e. The van der Waals surface area contributed by atoms with Crippen molar-refractivity contribution in [2.24, 2.45) is 11.8 Å². The van der Waals surface area contributed by atoms with E-state index in [0.717, 1.165) is 19.3 Å². The van der Waals surface area contributed by atoms with Crippen molar-refractivity contribution >= 4 is 0 Å². The molecular formula is C16H34O2. The number of rotatable bonds is 12. The lowest BCUT2D eigenvalue weighted by molar-refractivity contribution is 0.0488. The molecule has 0 bridgehead atoms. The summed E-state index contributed by atoms with van der Waals surface area (Å²) in [5.74, 6) is 0.477. The molecule has 110 valence electrons. The van der Waals surface area contributed by atoms with Gasteiger partial charge in [-0.3, -0.25) is 0 Å². The van der Waals surface area contributed by atoms with Crippen LogP contribution in [0.4, 0.5) is 0 Å². The van der Waals surface area contributed by atoms with E-state index in [2.05, 4.69) is 20.8 Å². The van der Waals surface area contributed by atoms with E-state index in [1.807, 2.05) is 0 Å². The second-order valence-corrected chi connectivity index (χ2v) is 5.69. The summed E-state index contributed by atoms with van der Waals surface area (Å²) in [4.78, 5) is 0. The first-order valence-electron chi connectivity index (χ1n) is 7.96. The van der Waals surface area contributed by atoms with Crippen LogP contribution in [0, 0.1) is 11.8 Å². The average molecular weight is 258 g/mol. The molecule has 0 saturated heterocycles. The number of aliphatic hydroxyl groups excluding tert-OH is 2. The summed E-state index contributed by atoms with van der Waals surface area (Å²) in [5, 5.41) is 19.3. The van der Waals surface area contributed by atoms with Crippen molar-refractivity contribution < 1.29 is 10.2 Å². The first-order valence-corrected chi connectivity index (χ1v) is 7.96. The van der Waals surface area contributed by atoms with Crippen LogP contribution in [0.5, 0.6) is 0 Å². The molecule has 0 aromatic carbocycles. The highest BCUT2D eigenvalue weighted by Crippen LogP contribution is 2.22. The Morgan fingerprint density at radius 3 is 1.94 bits per heavy atom. The Labute approximate surface area is 114 Å². The van der Waals surface area contributed by atoms with Gasteiger partial charge in [-0.2, -0.15) is 0 Å². The molecule has 0 radical (unpaired) electrons. The molecule has 0 aliphatic rings. The number of hydrogen-bond acceptors (Lipinski definition) is 2. The quantitative estimate of drug-likeness (QED) is 0.516. The van der Waals surface area contributed by atoms with E-state index in [0.29, 0.717) is 0 Å². The zero-order valence-electron chi connectivity index (χ0n) is 12.7. The predicted molar refractivity (Wildman–Crippen MR) is 78.6 cm³/mol. The van der Waals surface area contributed by atoms with Crippen LogP contribution in [-0.4, -0.2) is 22.9 Å². The minimum Gasteiger partial charge on any atom is -0.396 e. The van der Waals surface area contributed by atoms with Gasteiger partial charge >= 0.3 is 0 Å². The SMILES string of the molecule is CCCCCCCCC[C@@H](O)[C@@H](C)[C@@H](CC)CO. The summed E-state index contributed by atoms with van der Waals surface area (Å²) in [6.07, 6.45) is 10.6. The first kappa shape index (κ1) is 17.9. The maximum Gasteiger partial charge on any atom is 0.0569 e. The maximum atomic E-state index is 10.1. The summed E-state index contributed by atoms with van der Waals surface area (Å²) >= 11 is 0. The van der Waals surface area contributed by atoms with Gasteiger partial charge in [0.2, 0.25) is 0 Å². The van der Waals surface area contributed by atoms with E-state index < -0.39 is 0 Å². The molecule has 0 aliphatic carbocycles. The van der Waals surface area contributed by atoms with Gasteiger partial charge in [0.1, 0.15) is 0 Å². The van der Waals surface area contributed by atoms with Crippen LogP contribution in [0.15, 0.2) is 0 Å². The van der Waals surface area contributed by atoms with Gasteiger partial charge < -0.3 is 10.2 Å². The molecular weight excluding hydrogens is 224 g/mol. The monoisotopic (exact) mass is 258 g/mol. The number of hydrogen-bond donors (Lipinski definition) is 2. The predicted octanol–water partition coefficient (Wildman–Crippen LogP) is 4.14. The lowest BCUT2D eigenvalue weighted by atomic mass is 9.85. The Balaban J connectivity index is 3.54. The fourth-order valence-corrected chi connectivity index (χ4v) is 2.55. The Morgan fingerprint density at radius 1 is 0.889 bits per heavy atom. The van der Waals surface area contributed by atoms with E-state index in [9.17, 15) is 10.2 Å². The van der Waals surface area contributed by atoms with Gasteiger partial charge in [0.15, 0.2) is 0 Å². The Morgan fingerprint density at radius 2 is 1.44 bits per heavy atom. The minimum absolute atomic E-state index is 0.200. The molecule has 0 unspecified atom stereocenters. The molecule has 0 fully saturated rings. The second-order valence-electron chi connectivity index (χ2n) is 5.69. The summed E-state index contributed by atoms with van der Waals surface area (Å²) in [5.41, 5.74) is 0. The van der Waals surface area contributed by atoms with Crippen molar-refractivity contribution in [1.29, 1.82) is 0 Å². The molecule has 0 spiro atoms. The third kappa shape index (κ3) is 8.10. The molecule has 0 aromatic rings. The topological polar surface area (TPSA) is 40.5 Å². The van der Waals surface area contributed by atoms with Crippen LogP contribution in [0.1, 0.15) is 78.6 Å². The van der Waals surface area contributed by atoms with E-state index in [4.69, 9.17) is 0 Å². The fourth-order valence-electron chi connectivity index (χ4n) is 2.55. The van der Waals surface area contributed by atoms with Gasteiger partial charge in [-0.15, -0.1) is 0 Å². The van der Waals surface area contributed by atoms with Crippen LogP contribution >= 0.6 is 0 Å². The van der Waals surface area contributed by atoms with Crippen molar-refractivity contribution in [3.05, 3.63) is 0 Å². The van der Waals surface area contributed by atoms with E-state index in [-0.39, 0.29) is 24.5 Å². The number of aliphatic hydroxyl groups is 2. The lowest BCUT2D eigenvalue weighted by Gasteiger charge is -2.25. The Kier molecular flexibility index (Phi) is 11.9. The van der Waals surface area contributed by atoms with Crippen LogP contribution in [0.2, 0.25) is 0 Å². The maximum absolute atomic E-state index is 10.1. The molecule has 2 N–H and O–H groups in total. The highest BCUT2D eigenvalue weighted by molar-refractivity contribution is 4.72. The molecule has 0 saturated carbocycles. The van der Waals surface area contributed by atoms with Gasteiger partial charge in [0, 0.05) is 6.61 Å². The summed E-state index contributed by atoms with van der Waals surface area (Å²) in [6.45, 7) is 6.59. The van der Waals surface area contributed by atoms with Gasteiger partial charge in [0.05, 0.1) is 6.10 Å². The lowest BCUT2D eigenvalue weighted by Crippen LogP contribution is -2.27. The second kappa shape index (κ2) is 12.0. The normalized spacial score (nSPS) is 16.5. The third-order valence-electron chi connectivity index (χ3n) is 4.21. The van der Waals surface area contributed by atoms with Gasteiger partial charge in [-0.25, -0.2) is 0 Å². The molecule has 0 amide bonds. The van der Waals surface area contributed by atoms with E-state index in [1.165, 1.54) is 38.5 Å². The first-order chi connectivity index (χ1) is 8.67. The van der Waals surface area contributed by atoms with Crippen molar-refractivity contribution in [3.8, 4) is 0 Å². The molecule has 0 heterocycles. The van der Waals surface area contributed by atoms with Crippen LogP contribution in [-0.2, 0) is 0 Å². The number of unbranched alkanes of at least 4 members (excludes halogenated alkanes) is 6. The van der Waals surface area contributed by atoms with Crippen molar-refractivity contribution in [2.75, 3.05) is 6.61 Å². The van der Waals surface area contributed by atoms with Crippen molar-refractivity contribution in [1.82, 2.24) is 0 Å². The highest BCUT2D eigenvalue weighted by atomic mass is 16.3. The zero-order valence-corrected chi connectivity index (χ0v) is 12.7. The zero-order chi connectivity index (χ0) is 13.8. The van der Waals surface area contributed by atoms with Gasteiger partial charge in [-0.1, -0.05) is 72.1 Å². The molecule has 2 nitrogen and oxygen atoms in total. The third-order valence-corrected chi connectivity index (χ3v) is 4.21. The summed E-state index contributed by atoms with van der Waals surface area (Å²) in [7, 11) is 0. The van der Waals surface area contributed by atoms with Crippen molar-refractivity contribution in [2.45, 2.75) is 84.7 Å². The smallest absolute Gasteiger partial charge is 0.0569 e. The minimum atomic E-state index is -0.238. The standard InChI is InChI=1S/C16H34O2/c1-4-6-7-8-9-10-11-12-16(18)14(3)15(5-2)13-17/h14-18H,4-13H2,1-3H3/t14-,15-,16+/m0/s1. The van der Waals surface area contributed by atoms with Crippen molar-refractivity contribution in [3.63, 3.8) is 0 Å².